The standard InChI is InChI=1S/2C50H66N4O9S/c2*1-30(2)62-44-17-14-33(28-51-44)41-22-34-21-37(61-9)15-16-39(34)45(52-41)63-38-24-42-43(56)27-50(47(58)53-64(59,60)49(8)18-19-49)25-35(50)13-11-10-12-31(3)20-32(4)40(46(57)54(42)29-38)23-36(55)26-48(5,6)7/h2*11,13-17,21-22,28,30-32,35,38,40,42H,10,12,18-20,23-27,29H2,1-9H3,(H,53,58)/b2*13-11-/t31-,32+,35+,38?,40-,42-,50+;31-,32-,35-,38?,40+,42+,50-/m01/s1. The molecule has 4 aromatic heterocycles. The minimum absolute atomic E-state index is 0.00991. The van der Waals surface area contributed by atoms with E-state index in [2.05, 4.69) is 33.3 Å². The third-order valence-electron chi connectivity index (χ3n) is 27.3. The van der Waals surface area contributed by atoms with Gasteiger partial charge in [-0.05, 0) is 236 Å². The van der Waals surface area contributed by atoms with Crippen LogP contribution in [0.4, 0.5) is 0 Å². The fraction of sp³-hybridized carbons (Fsp3) is 0.600. The van der Waals surface area contributed by atoms with Crippen molar-refractivity contribution >= 4 is 88.4 Å². The minimum Gasteiger partial charge on any atom is -0.497 e. The highest BCUT2D eigenvalue weighted by atomic mass is 32.2. The fourth-order valence-corrected chi connectivity index (χ4v) is 21.8. The van der Waals surface area contributed by atoms with Crippen LogP contribution in [-0.4, -0.2) is 167 Å². The highest BCUT2D eigenvalue weighted by molar-refractivity contribution is 7.92. The molecular weight excluding hydrogens is 1670 g/mol. The fourth-order valence-electron chi connectivity index (χ4n) is 19.1. The molecule has 128 heavy (non-hydrogen) atoms. The molecule has 6 fully saturated rings. The molecule has 14 rings (SSSR count). The topological polar surface area (TPSA) is 342 Å². The number of nitrogens with one attached hydrogen (secondary N) is 2. The minimum atomic E-state index is -3.97. The molecule has 4 saturated carbocycles. The van der Waals surface area contributed by atoms with E-state index in [1.165, 1.54) is 0 Å². The number of hydrogen-bond donors (Lipinski definition) is 2. The van der Waals surface area contributed by atoms with Gasteiger partial charge in [0, 0.05) is 110 Å². The van der Waals surface area contributed by atoms with Crippen LogP contribution in [0.2, 0.25) is 0 Å². The summed E-state index contributed by atoms with van der Waals surface area (Å²) < 4.78 is 92.5. The summed E-state index contributed by atoms with van der Waals surface area (Å²) in [5.74, 6) is -1.75. The largest absolute Gasteiger partial charge is 0.497 e. The summed E-state index contributed by atoms with van der Waals surface area (Å²) in [4.78, 5) is 138. The number of ketones is 4. The summed E-state index contributed by atoms with van der Waals surface area (Å²) in [5.41, 5.74) is -0.521. The smallest absolute Gasteiger partial charge is 0.240 e. The van der Waals surface area contributed by atoms with Gasteiger partial charge in [0.25, 0.3) is 0 Å². The lowest BCUT2D eigenvalue weighted by molar-refractivity contribution is -0.145. The van der Waals surface area contributed by atoms with Gasteiger partial charge in [0.15, 0.2) is 11.6 Å². The molecule has 2 aromatic carbocycles. The van der Waals surface area contributed by atoms with Gasteiger partial charge in [0.1, 0.15) is 35.3 Å². The Morgan fingerprint density at radius 1 is 0.523 bits per heavy atom. The van der Waals surface area contributed by atoms with Crippen molar-refractivity contribution in [1.29, 1.82) is 0 Å². The number of methoxy groups -OCH3 is 2. The van der Waals surface area contributed by atoms with E-state index in [0.29, 0.717) is 121 Å². The van der Waals surface area contributed by atoms with E-state index >= 15 is 9.59 Å². The number of carbonyl (C=O) groups is 8. The molecule has 14 atom stereocenters. The number of rotatable bonds is 24. The summed E-state index contributed by atoms with van der Waals surface area (Å²) in [7, 11) is -4.76. The first-order valence-electron chi connectivity index (χ1n) is 45.9. The number of hydrogen-bond acceptors (Lipinski definition) is 22. The summed E-state index contributed by atoms with van der Waals surface area (Å²) in [6.07, 6.45) is 17.3. The van der Waals surface area contributed by atoms with E-state index in [1.807, 2.05) is 168 Å². The zero-order chi connectivity index (χ0) is 92.7. The molecule has 2 unspecified atom stereocenters. The predicted molar refractivity (Wildman–Crippen MR) is 490 cm³/mol. The second-order valence-corrected chi connectivity index (χ2v) is 46.1. The van der Waals surface area contributed by atoms with E-state index < -0.39 is 88.3 Å². The van der Waals surface area contributed by atoms with Crippen LogP contribution in [0.3, 0.4) is 0 Å². The molecule has 4 aliphatic heterocycles. The van der Waals surface area contributed by atoms with Crippen molar-refractivity contribution < 1.29 is 83.6 Å². The quantitative estimate of drug-likeness (QED) is 0.0532. The number of allylic oxidation sites excluding steroid dienone is 4. The average Bonchev–Trinajstić information content (AvgIpc) is 1.57. The van der Waals surface area contributed by atoms with Gasteiger partial charge in [-0.25, -0.2) is 36.8 Å². The number of amides is 4. The summed E-state index contributed by atoms with van der Waals surface area (Å²) in [6.45, 7) is 31.4. The van der Waals surface area contributed by atoms with E-state index in [0.717, 1.165) is 47.6 Å². The lowest BCUT2D eigenvalue weighted by atomic mass is 9.79. The Labute approximate surface area is 755 Å². The number of benzene rings is 2. The van der Waals surface area contributed by atoms with Gasteiger partial charge in [-0.15, -0.1) is 0 Å². The van der Waals surface area contributed by atoms with Crippen molar-refractivity contribution in [2.45, 2.75) is 285 Å². The monoisotopic (exact) mass is 1800 g/mol. The van der Waals surface area contributed by atoms with E-state index in [4.69, 9.17) is 38.4 Å². The predicted octanol–water partition coefficient (Wildman–Crippen LogP) is 16.9. The number of Topliss-reactive ketones (excluding diaryl/α,β-unsaturated/α-hetero) is 4. The average molecular weight is 1800 g/mol. The van der Waals surface area contributed by atoms with Crippen LogP contribution in [0, 0.1) is 69.0 Å². The summed E-state index contributed by atoms with van der Waals surface area (Å²) in [6, 6.07) is 20.3. The molecular formula is C100H132N8O18S2. The van der Waals surface area contributed by atoms with Crippen LogP contribution in [0.25, 0.3) is 44.1 Å². The number of nitrogens with zero attached hydrogens (tertiary/aromatic N) is 6. The second kappa shape index (κ2) is 38.0. The van der Waals surface area contributed by atoms with Gasteiger partial charge < -0.3 is 38.2 Å². The zero-order valence-electron chi connectivity index (χ0n) is 77.9. The van der Waals surface area contributed by atoms with Crippen LogP contribution in [0.5, 0.6) is 35.0 Å². The molecule has 26 nitrogen and oxygen atoms in total. The van der Waals surface area contributed by atoms with Gasteiger partial charge in [0.05, 0.1) is 83.3 Å². The summed E-state index contributed by atoms with van der Waals surface area (Å²) in [5, 5.41) is 2.97. The van der Waals surface area contributed by atoms with E-state index in [-0.39, 0.29) is 145 Å². The molecule has 28 heteroatoms. The Balaban J connectivity index is 0.000000219. The normalized spacial score (nSPS) is 27.8. The Hall–Kier alpha value is -9.70. The van der Waals surface area contributed by atoms with Gasteiger partial charge in [-0.3, -0.25) is 47.8 Å². The van der Waals surface area contributed by atoms with Crippen molar-refractivity contribution in [2.24, 2.45) is 69.0 Å². The van der Waals surface area contributed by atoms with Crippen molar-refractivity contribution in [1.82, 2.24) is 39.2 Å². The first kappa shape index (κ1) is 95.9. The summed E-state index contributed by atoms with van der Waals surface area (Å²) >= 11 is 0. The van der Waals surface area contributed by atoms with E-state index in [1.54, 1.807) is 62.4 Å². The van der Waals surface area contributed by atoms with Crippen LogP contribution in [-0.2, 0) is 58.4 Å². The molecule has 0 bridgehead atoms. The highest BCUT2D eigenvalue weighted by Crippen LogP contribution is 2.60. The second-order valence-electron chi connectivity index (χ2n) is 41.7. The van der Waals surface area contributed by atoms with E-state index in [9.17, 15) is 45.6 Å². The molecule has 0 radical (unpaired) electrons. The molecule has 6 aromatic rings. The molecule has 4 amide bonds. The Bertz CT molecular complexity index is 5140. The van der Waals surface area contributed by atoms with Gasteiger partial charge >= 0.3 is 0 Å². The molecule has 8 aliphatic rings. The number of fused-ring (bicyclic) bond motifs is 6. The van der Waals surface area contributed by atoms with Crippen LogP contribution in [0.1, 0.15) is 239 Å². The molecule has 2 N–H and O–H groups in total. The highest BCUT2D eigenvalue weighted by Gasteiger charge is 2.65. The maximum absolute atomic E-state index is 15.2. The zero-order valence-corrected chi connectivity index (χ0v) is 79.5. The SMILES string of the molecule is COc1ccc2c(OC3C[C@H]4C(=O)C[C@]5(C(=O)NS(=O)(=O)C6(C)CC6)C[C@H]5/C=C\CC[C@@H](C)C[C@@H](C)[C@H](CC(=O)CC(C)(C)C)C(=O)N4C3)nc(-c3ccc(OC(C)C)nc3)cc2c1.COc1ccc2c(OC3C[C@H]4C(=O)C[C@]5(C(=O)NS(=O)(=O)C6(C)CC6)C[C@H]5/C=C\CC[C@H](C)C[C@@H](C)[C@H](CC(=O)CC(C)(C)C)C(=O)N4C3)nc(-c3ccc(OC(C)C)nc3)cc2c1. The Kier molecular flexibility index (Phi) is 28.5. The molecule has 692 valence electrons. The Morgan fingerprint density at radius 3 is 1.23 bits per heavy atom. The van der Waals surface area contributed by atoms with Gasteiger partial charge in [-0.2, -0.15) is 0 Å². The van der Waals surface area contributed by atoms with Crippen molar-refractivity contribution in [3.05, 3.63) is 109 Å². The number of carbonyl (C=O) groups excluding carboxylic acids is 8. The lowest BCUT2D eigenvalue weighted by Gasteiger charge is -2.32. The third kappa shape index (κ3) is 22.5. The third-order valence-corrected chi connectivity index (χ3v) is 31.6. The molecule has 0 spiro atoms. The Morgan fingerprint density at radius 2 is 0.898 bits per heavy atom. The molecule has 4 aliphatic carbocycles. The number of ether oxygens (including phenoxy) is 6. The lowest BCUT2D eigenvalue weighted by Crippen LogP contribution is -2.48. The van der Waals surface area contributed by atoms with Gasteiger partial charge in [-0.1, -0.05) is 93.5 Å². The number of aromatic nitrogens is 4. The number of sulfonamides is 2. The first-order valence-corrected chi connectivity index (χ1v) is 48.9. The van der Waals surface area contributed by atoms with Gasteiger partial charge in [0.2, 0.25) is 67.2 Å². The maximum Gasteiger partial charge on any atom is 0.240 e. The maximum atomic E-state index is 15.2. The van der Waals surface area contributed by atoms with Crippen LogP contribution in [0.15, 0.2) is 109 Å². The van der Waals surface area contributed by atoms with Crippen molar-refractivity contribution in [3.63, 3.8) is 0 Å². The van der Waals surface area contributed by atoms with Crippen LogP contribution < -0.4 is 37.9 Å². The first-order chi connectivity index (χ1) is 60.2. The van der Waals surface area contributed by atoms with Crippen LogP contribution >= 0.6 is 0 Å². The van der Waals surface area contributed by atoms with Crippen molar-refractivity contribution in [3.8, 4) is 57.5 Å². The number of pyridine rings is 4. The van der Waals surface area contributed by atoms with Crippen molar-refractivity contribution in [2.75, 3.05) is 27.3 Å². The molecule has 2 saturated heterocycles. The molecule has 8 heterocycles.